The SMILES string of the molecule is CC(CNC(=O)CC1CC2CCC(C1)N2)C1CC1. The Bertz CT molecular complexity index is 302. The molecule has 1 aliphatic carbocycles. The van der Waals surface area contributed by atoms with E-state index in [9.17, 15) is 4.79 Å². The highest BCUT2D eigenvalue weighted by molar-refractivity contribution is 5.76. The molecule has 0 aromatic heterocycles. The van der Waals surface area contributed by atoms with E-state index in [4.69, 9.17) is 0 Å². The zero-order valence-corrected chi connectivity index (χ0v) is 11.5. The number of rotatable bonds is 5. The predicted octanol–water partition coefficient (Wildman–Crippen LogP) is 2.07. The van der Waals surface area contributed by atoms with Crippen molar-refractivity contribution >= 4 is 5.91 Å². The summed E-state index contributed by atoms with van der Waals surface area (Å²) in [6, 6.07) is 1.40. The van der Waals surface area contributed by atoms with Crippen LogP contribution in [0, 0.1) is 17.8 Å². The average molecular weight is 250 g/mol. The fraction of sp³-hybridized carbons (Fsp3) is 0.933. The quantitative estimate of drug-likeness (QED) is 0.784. The van der Waals surface area contributed by atoms with Crippen molar-refractivity contribution in [2.24, 2.45) is 17.8 Å². The zero-order valence-electron chi connectivity index (χ0n) is 11.5. The van der Waals surface area contributed by atoms with Crippen LogP contribution in [0.2, 0.25) is 0 Å². The fourth-order valence-electron chi connectivity index (χ4n) is 3.78. The number of carbonyl (C=O) groups is 1. The molecular formula is C15H26N2O. The summed E-state index contributed by atoms with van der Waals surface area (Å²) in [7, 11) is 0. The maximum absolute atomic E-state index is 12.0. The number of amides is 1. The van der Waals surface area contributed by atoms with Gasteiger partial charge in [0, 0.05) is 25.0 Å². The second-order valence-corrected chi connectivity index (χ2v) is 6.80. The van der Waals surface area contributed by atoms with Crippen LogP contribution in [-0.4, -0.2) is 24.5 Å². The molecule has 18 heavy (non-hydrogen) atoms. The number of nitrogens with one attached hydrogen (secondary N) is 2. The largest absolute Gasteiger partial charge is 0.356 e. The van der Waals surface area contributed by atoms with Crippen LogP contribution in [0.4, 0.5) is 0 Å². The second kappa shape index (κ2) is 5.20. The minimum atomic E-state index is 0.286. The molecule has 1 saturated carbocycles. The third-order valence-corrected chi connectivity index (χ3v) is 5.09. The van der Waals surface area contributed by atoms with Gasteiger partial charge in [0.2, 0.25) is 5.91 Å². The number of carbonyl (C=O) groups excluding carboxylic acids is 1. The standard InChI is InChI=1S/C15H26N2O/c1-10(12-2-3-12)9-16-15(18)8-11-6-13-4-5-14(7-11)17-13/h10-14,17H,2-9H2,1H3,(H,16,18). The fourth-order valence-corrected chi connectivity index (χ4v) is 3.78. The topological polar surface area (TPSA) is 41.1 Å². The van der Waals surface area contributed by atoms with Gasteiger partial charge >= 0.3 is 0 Å². The molecule has 0 spiro atoms. The number of piperidine rings is 1. The maximum Gasteiger partial charge on any atom is 0.220 e. The third-order valence-electron chi connectivity index (χ3n) is 5.09. The molecule has 2 aliphatic heterocycles. The highest BCUT2D eigenvalue weighted by Gasteiger charge is 2.34. The molecule has 3 fully saturated rings. The van der Waals surface area contributed by atoms with Crippen molar-refractivity contribution in [2.45, 2.75) is 64.0 Å². The van der Waals surface area contributed by atoms with Crippen molar-refractivity contribution < 1.29 is 4.79 Å². The molecule has 3 rings (SSSR count). The van der Waals surface area contributed by atoms with Crippen molar-refractivity contribution in [3.8, 4) is 0 Å². The summed E-state index contributed by atoms with van der Waals surface area (Å²) in [5.74, 6) is 2.48. The summed E-state index contributed by atoms with van der Waals surface area (Å²) in [5, 5.41) is 6.78. The van der Waals surface area contributed by atoms with Gasteiger partial charge in [-0.3, -0.25) is 4.79 Å². The summed E-state index contributed by atoms with van der Waals surface area (Å²) in [6.45, 7) is 3.16. The van der Waals surface area contributed by atoms with Gasteiger partial charge in [-0.15, -0.1) is 0 Å². The van der Waals surface area contributed by atoms with Crippen molar-refractivity contribution in [3.05, 3.63) is 0 Å². The van der Waals surface area contributed by atoms with Crippen molar-refractivity contribution in [3.63, 3.8) is 0 Å². The van der Waals surface area contributed by atoms with Gasteiger partial charge in [0.15, 0.2) is 0 Å². The predicted molar refractivity (Wildman–Crippen MR) is 72.2 cm³/mol. The lowest BCUT2D eigenvalue weighted by Crippen LogP contribution is -2.40. The van der Waals surface area contributed by atoms with Gasteiger partial charge < -0.3 is 10.6 Å². The Hall–Kier alpha value is -0.570. The summed E-state index contributed by atoms with van der Waals surface area (Å²) in [5.41, 5.74) is 0. The van der Waals surface area contributed by atoms with E-state index >= 15 is 0 Å². The first-order chi connectivity index (χ1) is 8.70. The lowest BCUT2D eigenvalue weighted by atomic mass is 9.89. The molecule has 0 aromatic carbocycles. The van der Waals surface area contributed by atoms with Gasteiger partial charge in [0.1, 0.15) is 0 Å². The first kappa shape index (κ1) is 12.5. The Morgan fingerprint density at radius 1 is 1.22 bits per heavy atom. The number of hydrogen-bond acceptors (Lipinski definition) is 2. The molecule has 0 radical (unpaired) electrons. The Labute approximate surface area is 110 Å². The summed E-state index contributed by atoms with van der Waals surface area (Å²) >= 11 is 0. The monoisotopic (exact) mass is 250 g/mol. The van der Waals surface area contributed by atoms with Gasteiger partial charge in [-0.05, 0) is 56.3 Å². The van der Waals surface area contributed by atoms with Gasteiger partial charge in [0.25, 0.3) is 0 Å². The average Bonchev–Trinajstić information content (AvgIpc) is 3.13. The minimum Gasteiger partial charge on any atom is -0.356 e. The molecule has 1 amide bonds. The number of fused-ring (bicyclic) bond motifs is 2. The third kappa shape index (κ3) is 3.05. The smallest absolute Gasteiger partial charge is 0.220 e. The first-order valence-electron chi connectivity index (χ1n) is 7.73. The van der Waals surface area contributed by atoms with Crippen LogP contribution in [0.15, 0.2) is 0 Å². The van der Waals surface area contributed by atoms with Crippen molar-refractivity contribution in [1.29, 1.82) is 0 Å². The number of hydrogen-bond donors (Lipinski definition) is 2. The van der Waals surface area contributed by atoms with Crippen LogP contribution in [0.5, 0.6) is 0 Å². The van der Waals surface area contributed by atoms with Crippen molar-refractivity contribution in [1.82, 2.24) is 10.6 Å². The molecule has 2 N–H and O–H groups in total. The second-order valence-electron chi connectivity index (χ2n) is 6.80. The molecule has 3 aliphatic rings. The van der Waals surface area contributed by atoms with Gasteiger partial charge in [-0.25, -0.2) is 0 Å². The van der Waals surface area contributed by atoms with E-state index in [-0.39, 0.29) is 5.91 Å². The highest BCUT2D eigenvalue weighted by atomic mass is 16.1. The Balaban J connectivity index is 1.38. The molecule has 3 nitrogen and oxygen atoms in total. The van der Waals surface area contributed by atoms with E-state index in [0.717, 1.165) is 18.9 Å². The van der Waals surface area contributed by atoms with Crippen molar-refractivity contribution in [2.75, 3.05) is 6.54 Å². The van der Waals surface area contributed by atoms with Gasteiger partial charge in [0.05, 0.1) is 0 Å². The van der Waals surface area contributed by atoms with E-state index in [1.54, 1.807) is 0 Å². The van der Waals surface area contributed by atoms with Crippen LogP contribution < -0.4 is 10.6 Å². The minimum absolute atomic E-state index is 0.286. The summed E-state index contributed by atoms with van der Waals surface area (Å²) < 4.78 is 0. The van der Waals surface area contributed by atoms with E-state index in [0.29, 0.717) is 23.9 Å². The van der Waals surface area contributed by atoms with Crippen LogP contribution in [-0.2, 0) is 4.79 Å². The van der Waals surface area contributed by atoms with Crippen LogP contribution in [0.25, 0.3) is 0 Å². The molecule has 102 valence electrons. The Kier molecular flexibility index (Phi) is 3.60. The van der Waals surface area contributed by atoms with E-state index in [1.807, 2.05) is 0 Å². The normalized spacial score (nSPS) is 36.4. The molecule has 2 heterocycles. The first-order valence-corrected chi connectivity index (χ1v) is 7.73. The molecule has 3 heteroatoms. The summed E-state index contributed by atoms with van der Waals surface area (Å²) in [6.07, 6.45) is 8.56. The van der Waals surface area contributed by atoms with Crippen LogP contribution in [0.3, 0.4) is 0 Å². The molecule has 2 saturated heterocycles. The lowest BCUT2D eigenvalue weighted by molar-refractivity contribution is -0.122. The maximum atomic E-state index is 12.0. The molecule has 2 bridgehead atoms. The molecular weight excluding hydrogens is 224 g/mol. The molecule has 3 atom stereocenters. The van der Waals surface area contributed by atoms with E-state index in [2.05, 4.69) is 17.6 Å². The Morgan fingerprint density at radius 2 is 1.89 bits per heavy atom. The molecule has 0 aromatic rings. The van der Waals surface area contributed by atoms with Gasteiger partial charge in [-0.2, -0.15) is 0 Å². The van der Waals surface area contributed by atoms with Crippen LogP contribution >= 0.6 is 0 Å². The van der Waals surface area contributed by atoms with E-state index in [1.165, 1.54) is 38.5 Å². The van der Waals surface area contributed by atoms with Crippen LogP contribution in [0.1, 0.15) is 51.9 Å². The highest BCUT2D eigenvalue weighted by Crippen LogP contribution is 2.36. The van der Waals surface area contributed by atoms with Gasteiger partial charge in [-0.1, -0.05) is 6.92 Å². The lowest BCUT2D eigenvalue weighted by Gasteiger charge is -2.28. The zero-order chi connectivity index (χ0) is 12.5. The van der Waals surface area contributed by atoms with E-state index < -0.39 is 0 Å². The summed E-state index contributed by atoms with van der Waals surface area (Å²) in [4.78, 5) is 12.0. The molecule has 3 unspecified atom stereocenters. The Morgan fingerprint density at radius 3 is 2.50 bits per heavy atom.